The van der Waals surface area contributed by atoms with Gasteiger partial charge in [-0.2, -0.15) is 15.0 Å². The third-order valence-corrected chi connectivity index (χ3v) is 5.79. The van der Waals surface area contributed by atoms with E-state index >= 15 is 0 Å². The smallest absolute Gasteiger partial charge is 0.231 e. The van der Waals surface area contributed by atoms with Gasteiger partial charge in [0, 0.05) is 38.1 Å². The maximum Gasteiger partial charge on any atom is 0.231 e. The molecule has 1 saturated heterocycles. The zero-order chi connectivity index (χ0) is 21.5. The van der Waals surface area contributed by atoms with Crippen LogP contribution in [0.1, 0.15) is 5.56 Å². The minimum atomic E-state index is 0.188. The molecule has 0 unspecified atom stereocenters. The molecular formula is C23H22N6O3. The van der Waals surface area contributed by atoms with Crippen LogP contribution < -0.4 is 20.1 Å². The van der Waals surface area contributed by atoms with Gasteiger partial charge in [-0.15, -0.1) is 0 Å². The van der Waals surface area contributed by atoms with Gasteiger partial charge in [-0.1, -0.05) is 24.3 Å². The van der Waals surface area contributed by atoms with Crippen LogP contribution in [0.5, 0.6) is 11.5 Å². The summed E-state index contributed by atoms with van der Waals surface area (Å²) in [6, 6.07) is 15.9. The van der Waals surface area contributed by atoms with Crippen LogP contribution in [0.15, 0.2) is 52.9 Å². The molecular weight excluding hydrogens is 408 g/mol. The van der Waals surface area contributed by atoms with Gasteiger partial charge in [0.15, 0.2) is 17.3 Å². The number of ether oxygens (including phenoxy) is 2. The lowest BCUT2D eigenvalue weighted by Crippen LogP contribution is -2.46. The van der Waals surface area contributed by atoms with Gasteiger partial charge >= 0.3 is 0 Å². The third-order valence-electron chi connectivity index (χ3n) is 5.79. The lowest BCUT2D eigenvalue weighted by Gasteiger charge is -2.34. The maximum atomic E-state index is 6.01. The number of hydrogen-bond donors (Lipinski definition) is 1. The van der Waals surface area contributed by atoms with E-state index in [0.29, 0.717) is 24.3 Å². The average molecular weight is 430 g/mol. The van der Waals surface area contributed by atoms with E-state index in [4.69, 9.17) is 19.6 Å². The monoisotopic (exact) mass is 430 g/mol. The minimum absolute atomic E-state index is 0.188. The number of benzene rings is 2. The van der Waals surface area contributed by atoms with E-state index in [1.165, 1.54) is 5.56 Å². The summed E-state index contributed by atoms with van der Waals surface area (Å²) in [5.41, 5.74) is 8.01. The molecule has 4 aromatic rings. The van der Waals surface area contributed by atoms with Crippen LogP contribution in [0.4, 0.5) is 11.9 Å². The maximum absolute atomic E-state index is 6.01. The molecule has 0 bridgehead atoms. The number of rotatable bonds is 4. The Morgan fingerprint density at radius 2 is 1.72 bits per heavy atom. The minimum Gasteiger partial charge on any atom is -0.454 e. The van der Waals surface area contributed by atoms with E-state index in [1.54, 1.807) is 0 Å². The summed E-state index contributed by atoms with van der Waals surface area (Å²) in [4.78, 5) is 17.9. The van der Waals surface area contributed by atoms with Crippen molar-refractivity contribution in [2.45, 2.75) is 6.54 Å². The molecule has 4 heterocycles. The highest BCUT2D eigenvalue weighted by Crippen LogP contribution is 2.33. The number of piperazine rings is 1. The Kier molecular flexibility index (Phi) is 4.53. The molecule has 0 amide bonds. The number of hydrogen-bond acceptors (Lipinski definition) is 9. The molecule has 0 atom stereocenters. The van der Waals surface area contributed by atoms with Crippen LogP contribution in [-0.2, 0) is 6.54 Å². The number of nitrogens with zero attached hydrogens (tertiary/aromatic N) is 5. The van der Waals surface area contributed by atoms with E-state index in [0.717, 1.165) is 55.2 Å². The molecule has 1 fully saturated rings. The van der Waals surface area contributed by atoms with Crippen LogP contribution in [0.2, 0.25) is 0 Å². The fraction of sp³-hybridized carbons (Fsp3) is 0.261. The third kappa shape index (κ3) is 3.56. The summed E-state index contributed by atoms with van der Waals surface area (Å²) >= 11 is 0. The van der Waals surface area contributed by atoms with E-state index in [9.17, 15) is 0 Å². The van der Waals surface area contributed by atoms with Crippen LogP contribution in [0.25, 0.3) is 22.6 Å². The summed E-state index contributed by atoms with van der Waals surface area (Å²) in [6.07, 6.45) is 0. The van der Waals surface area contributed by atoms with Crippen molar-refractivity contribution in [3.63, 3.8) is 0 Å². The molecule has 0 aliphatic carbocycles. The second kappa shape index (κ2) is 7.69. The lowest BCUT2D eigenvalue weighted by molar-refractivity contribution is 0.174. The Bertz CT molecular complexity index is 1250. The molecule has 0 spiro atoms. The normalized spacial score (nSPS) is 16.1. The molecule has 9 heteroatoms. The zero-order valence-corrected chi connectivity index (χ0v) is 17.4. The molecule has 9 nitrogen and oxygen atoms in total. The summed E-state index contributed by atoms with van der Waals surface area (Å²) in [7, 11) is 0. The van der Waals surface area contributed by atoms with E-state index in [-0.39, 0.29) is 5.95 Å². The highest BCUT2D eigenvalue weighted by atomic mass is 16.7. The van der Waals surface area contributed by atoms with Crippen LogP contribution in [-0.4, -0.2) is 52.8 Å². The molecule has 6 rings (SSSR count). The zero-order valence-electron chi connectivity index (χ0n) is 17.4. The average Bonchev–Trinajstić information content (AvgIpc) is 3.46. The van der Waals surface area contributed by atoms with Crippen LogP contribution >= 0.6 is 0 Å². The standard InChI is InChI=1S/C23H22N6O3/c24-22-25-21(20-12-16-3-1-2-4-17(16)32-20)26-23(27-22)29-9-7-28(8-10-29)13-15-5-6-18-19(11-15)31-14-30-18/h1-6,11-12H,7-10,13-14H2,(H2,24,25,26,27). The van der Waals surface area contributed by atoms with Crippen molar-refractivity contribution in [3.05, 3.63) is 54.1 Å². The Morgan fingerprint density at radius 3 is 2.59 bits per heavy atom. The first-order chi connectivity index (χ1) is 15.7. The number of anilines is 2. The first-order valence-electron chi connectivity index (χ1n) is 10.6. The number of furan rings is 1. The van der Waals surface area contributed by atoms with Crippen molar-refractivity contribution in [1.29, 1.82) is 0 Å². The Morgan fingerprint density at radius 1 is 0.875 bits per heavy atom. The van der Waals surface area contributed by atoms with Gasteiger partial charge < -0.3 is 24.5 Å². The molecule has 32 heavy (non-hydrogen) atoms. The predicted molar refractivity (Wildman–Crippen MR) is 120 cm³/mol. The molecule has 0 radical (unpaired) electrons. The second-order valence-corrected chi connectivity index (χ2v) is 7.92. The molecule has 2 N–H and O–H groups in total. The number of nitrogen functional groups attached to an aromatic ring is 1. The van der Waals surface area contributed by atoms with Gasteiger partial charge in [0.05, 0.1) is 0 Å². The Labute approximate surface area is 184 Å². The van der Waals surface area contributed by atoms with Crippen molar-refractivity contribution in [2.24, 2.45) is 0 Å². The Hall–Kier alpha value is -3.85. The SMILES string of the molecule is Nc1nc(-c2cc3ccccc3o2)nc(N2CCN(Cc3ccc4c(c3)OCO4)CC2)n1. The Balaban J connectivity index is 1.16. The van der Waals surface area contributed by atoms with Crippen molar-refractivity contribution >= 4 is 22.9 Å². The number of aromatic nitrogens is 3. The molecule has 2 aliphatic rings. The van der Waals surface area contributed by atoms with Gasteiger partial charge in [-0.3, -0.25) is 4.90 Å². The topological polar surface area (TPSA) is 103 Å². The van der Waals surface area contributed by atoms with Gasteiger partial charge in [-0.25, -0.2) is 0 Å². The van der Waals surface area contributed by atoms with Crippen LogP contribution in [0, 0.1) is 0 Å². The summed E-state index contributed by atoms with van der Waals surface area (Å²) in [5.74, 6) is 3.43. The molecule has 2 aliphatic heterocycles. The van der Waals surface area contributed by atoms with Crippen molar-refractivity contribution in [3.8, 4) is 23.1 Å². The highest BCUT2D eigenvalue weighted by molar-refractivity contribution is 5.81. The second-order valence-electron chi connectivity index (χ2n) is 7.92. The van der Waals surface area contributed by atoms with Gasteiger partial charge in [0.2, 0.25) is 24.5 Å². The van der Waals surface area contributed by atoms with Gasteiger partial charge in [0.25, 0.3) is 0 Å². The molecule has 2 aromatic heterocycles. The molecule has 2 aromatic carbocycles. The highest BCUT2D eigenvalue weighted by Gasteiger charge is 2.22. The van der Waals surface area contributed by atoms with Gasteiger partial charge in [-0.05, 0) is 29.8 Å². The van der Waals surface area contributed by atoms with Crippen molar-refractivity contribution in [2.75, 3.05) is 43.6 Å². The quantitative estimate of drug-likeness (QED) is 0.523. The first kappa shape index (κ1) is 18.9. The molecule has 0 saturated carbocycles. The summed E-state index contributed by atoms with van der Waals surface area (Å²) in [5, 5.41) is 1.00. The van der Waals surface area contributed by atoms with E-state index in [2.05, 4.69) is 36.9 Å². The first-order valence-corrected chi connectivity index (χ1v) is 10.6. The lowest BCUT2D eigenvalue weighted by atomic mass is 10.1. The largest absolute Gasteiger partial charge is 0.454 e. The number of para-hydroxylation sites is 1. The fourth-order valence-electron chi connectivity index (χ4n) is 4.13. The van der Waals surface area contributed by atoms with E-state index < -0.39 is 0 Å². The summed E-state index contributed by atoms with van der Waals surface area (Å²) < 4.78 is 16.8. The summed E-state index contributed by atoms with van der Waals surface area (Å²) in [6.45, 7) is 4.53. The fourth-order valence-corrected chi connectivity index (χ4v) is 4.13. The predicted octanol–water partition coefficient (Wildman–Crippen LogP) is 2.92. The van der Waals surface area contributed by atoms with Gasteiger partial charge in [0.1, 0.15) is 5.58 Å². The van der Waals surface area contributed by atoms with E-state index in [1.807, 2.05) is 36.4 Å². The van der Waals surface area contributed by atoms with Crippen LogP contribution in [0.3, 0.4) is 0 Å². The molecule has 162 valence electrons. The van der Waals surface area contributed by atoms with Crippen molar-refractivity contribution < 1.29 is 13.9 Å². The number of nitrogens with two attached hydrogens (primary N) is 1. The van der Waals surface area contributed by atoms with Crippen molar-refractivity contribution in [1.82, 2.24) is 19.9 Å². The number of fused-ring (bicyclic) bond motifs is 2.